The summed E-state index contributed by atoms with van der Waals surface area (Å²) in [6.45, 7) is 1.37. The quantitative estimate of drug-likeness (QED) is 0.752. The normalized spacial score (nSPS) is 19.9. The topological polar surface area (TPSA) is 43.8 Å². The van der Waals surface area contributed by atoms with Gasteiger partial charge in [0.15, 0.2) is 0 Å². The van der Waals surface area contributed by atoms with Gasteiger partial charge in [-0.05, 0) is 0 Å². The van der Waals surface area contributed by atoms with E-state index in [0.29, 0.717) is 32.7 Å². The van der Waals surface area contributed by atoms with Gasteiger partial charge in [-0.1, -0.05) is 6.08 Å². The largest absolute Gasteiger partial charge is 0.478 e. The van der Waals surface area contributed by atoms with Crippen LogP contribution in [-0.2, 0) is 4.79 Å². The van der Waals surface area contributed by atoms with Crippen LogP contribution in [0.5, 0.6) is 0 Å². The highest BCUT2D eigenvalue weighted by molar-refractivity contribution is 5.79. The Balaban J connectivity index is 2.24. The molecule has 1 aliphatic heterocycles. The lowest BCUT2D eigenvalue weighted by Crippen LogP contribution is -2.49. The molecular formula is C10H15F3N2O2. The number of carboxylic acid groups (broad SMARTS) is 1. The summed E-state index contributed by atoms with van der Waals surface area (Å²) in [6, 6.07) is 0. The zero-order valence-corrected chi connectivity index (χ0v) is 9.28. The molecule has 0 aromatic rings. The van der Waals surface area contributed by atoms with Crippen LogP contribution in [0.2, 0.25) is 0 Å². The monoisotopic (exact) mass is 252 g/mol. The second-order valence-corrected chi connectivity index (χ2v) is 3.93. The number of piperazine rings is 1. The molecule has 0 aliphatic carbocycles. The molecule has 1 saturated heterocycles. The minimum absolute atomic E-state index is 0.362. The lowest BCUT2D eigenvalue weighted by Gasteiger charge is -2.34. The average molecular weight is 252 g/mol. The summed E-state index contributed by atoms with van der Waals surface area (Å²) in [5, 5.41) is 8.37. The van der Waals surface area contributed by atoms with Crippen molar-refractivity contribution in [2.75, 3.05) is 39.3 Å². The number of alkyl halides is 3. The van der Waals surface area contributed by atoms with Crippen LogP contribution >= 0.6 is 0 Å². The van der Waals surface area contributed by atoms with Gasteiger partial charge in [0, 0.05) is 38.8 Å². The maximum absolute atomic E-state index is 12.1. The van der Waals surface area contributed by atoms with E-state index >= 15 is 0 Å². The molecule has 0 bridgehead atoms. The van der Waals surface area contributed by atoms with Crippen LogP contribution in [0.1, 0.15) is 0 Å². The van der Waals surface area contributed by atoms with Crippen molar-refractivity contribution in [1.29, 1.82) is 0 Å². The third kappa shape index (κ3) is 6.28. The Morgan fingerprint density at radius 1 is 1.18 bits per heavy atom. The van der Waals surface area contributed by atoms with E-state index in [9.17, 15) is 18.0 Å². The van der Waals surface area contributed by atoms with Gasteiger partial charge in [-0.15, -0.1) is 0 Å². The highest BCUT2D eigenvalue weighted by Crippen LogP contribution is 2.17. The molecule has 0 atom stereocenters. The van der Waals surface area contributed by atoms with Gasteiger partial charge in [0.1, 0.15) is 0 Å². The minimum atomic E-state index is -4.15. The Bertz CT molecular complexity index is 284. The molecule has 7 heteroatoms. The fraction of sp³-hybridized carbons (Fsp3) is 0.700. The molecule has 0 radical (unpaired) electrons. The van der Waals surface area contributed by atoms with E-state index in [0.717, 1.165) is 6.08 Å². The van der Waals surface area contributed by atoms with Crippen molar-refractivity contribution >= 4 is 5.97 Å². The van der Waals surface area contributed by atoms with Crippen molar-refractivity contribution in [2.45, 2.75) is 6.18 Å². The van der Waals surface area contributed by atoms with E-state index in [4.69, 9.17) is 5.11 Å². The second-order valence-electron chi connectivity index (χ2n) is 3.93. The second kappa shape index (κ2) is 6.02. The van der Waals surface area contributed by atoms with Crippen molar-refractivity contribution in [3.63, 3.8) is 0 Å². The number of hydrogen-bond acceptors (Lipinski definition) is 3. The third-order valence-corrected chi connectivity index (χ3v) is 2.49. The van der Waals surface area contributed by atoms with E-state index in [-0.39, 0.29) is 0 Å². The molecule has 0 amide bonds. The first-order chi connectivity index (χ1) is 7.87. The maximum Gasteiger partial charge on any atom is 0.401 e. The maximum atomic E-state index is 12.1. The number of nitrogens with zero attached hydrogens (tertiary/aromatic N) is 2. The van der Waals surface area contributed by atoms with Gasteiger partial charge in [-0.3, -0.25) is 9.80 Å². The van der Waals surface area contributed by atoms with Crippen LogP contribution in [0.4, 0.5) is 13.2 Å². The Labute approximate surface area is 97.3 Å². The van der Waals surface area contributed by atoms with Gasteiger partial charge in [-0.2, -0.15) is 13.2 Å². The molecule has 17 heavy (non-hydrogen) atoms. The Morgan fingerprint density at radius 2 is 1.71 bits per heavy atom. The molecule has 98 valence electrons. The molecule has 0 saturated carbocycles. The van der Waals surface area contributed by atoms with E-state index in [2.05, 4.69) is 0 Å². The first-order valence-corrected chi connectivity index (χ1v) is 5.28. The molecule has 0 unspecified atom stereocenters. The van der Waals surface area contributed by atoms with Crippen molar-refractivity contribution < 1.29 is 23.1 Å². The lowest BCUT2D eigenvalue weighted by molar-refractivity contribution is -0.149. The first-order valence-electron chi connectivity index (χ1n) is 5.28. The Morgan fingerprint density at radius 3 is 2.18 bits per heavy atom. The average Bonchev–Trinajstić information content (AvgIpc) is 2.18. The molecule has 1 N–H and O–H groups in total. The van der Waals surface area contributed by atoms with Gasteiger partial charge in [0.25, 0.3) is 0 Å². The molecular weight excluding hydrogens is 237 g/mol. The van der Waals surface area contributed by atoms with Gasteiger partial charge in [-0.25, -0.2) is 4.79 Å². The first kappa shape index (κ1) is 14.0. The predicted molar refractivity (Wildman–Crippen MR) is 55.7 cm³/mol. The van der Waals surface area contributed by atoms with Gasteiger partial charge >= 0.3 is 12.1 Å². The molecule has 1 fully saturated rings. The highest BCUT2D eigenvalue weighted by atomic mass is 19.4. The number of aliphatic carboxylic acids is 1. The smallest absolute Gasteiger partial charge is 0.401 e. The summed E-state index contributed by atoms with van der Waals surface area (Å²) < 4.78 is 36.3. The molecule has 1 aliphatic rings. The van der Waals surface area contributed by atoms with E-state index < -0.39 is 18.7 Å². The van der Waals surface area contributed by atoms with Crippen molar-refractivity contribution in [3.05, 3.63) is 12.2 Å². The number of hydrogen-bond donors (Lipinski definition) is 1. The summed E-state index contributed by atoms with van der Waals surface area (Å²) in [6.07, 6.45) is -1.60. The van der Waals surface area contributed by atoms with Crippen LogP contribution in [-0.4, -0.2) is 66.3 Å². The van der Waals surface area contributed by atoms with Crippen LogP contribution < -0.4 is 0 Å². The van der Waals surface area contributed by atoms with Gasteiger partial charge < -0.3 is 5.11 Å². The number of carbonyl (C=O) groups is 1. The third-order valence-electron chi connectivity index (χ3n) is 2.49. The number of rotatable bonds is 4. The molecule has 0 aromatic heterocycles. The number of carboxylic acids is 1. The van der Waals surface area contributed by atoms with Gasteiger partial charge in [0.2, 0.25) is 0 Å². The van der Waals surface area contributed by atoms with E-state index in [1.165, 1.54) is 11.0 Å². The van der Waals surface area contributed by atoms with Crippen LogP contribution in [0.15, 0.2) is 12.2 Å². The molecule has 0 aromatic carbocycles. The fourth-order valence-electron chi connectivity index (χ4n) is 1.69. The van der Waals surface area contributed by atoms with Crippen molar-refractivity contribution in [2.24, 2.45) is 0 Å². The minimum Gasteiger partial charge on any atom is -0.478 e. The molecule has 1 rings (SSSR count). The Hall–Kier alpha value is -1.08. The number of halogens is 3. The fourth-order valence-corrected chi connectivity index (χ4v) is 1.69. The zero-order valence-electron chi connectivity index (χ0n) is 9.28. The SMILES string of the molecule is O=C(O)/C=C/CN1CCN(CC(F)(F)F)CC1. The standard InChI is InChI=1S/C10H15F3N2O2/c11-10(12,13)8-15-6-4-14(5-7-15)3-1-2-9(16)17/h1-2H,3-8H2,(H,16,17)/b2-1+. The van der Waals surface area contributed by atoms with Gasteiger partial charge in [0.05, 0.1) is 6.54 Å². The van der Waals surface area contributed by atoms with E-state index in [1.807, 2.05) is 4.90 Å². The van der Waals surface area contributed by atoms with Crippen LogP contribution in [0.3, 0.4) is 0 Å². The summed E-state index contributed by atoms with van der Waals surface area (Å²) in [7, 11) is 0. The van der Waals surface area contributed by atoms with Crippen molar-refractivity contribution in [1.82, 2.24) is 9.80 Å². The summed E-state index contributed by atoms with van der Waals surface area (Å²) in [5.41, 5.74) is 0. The summed E-state index contributed by atoms with van der Waals surface area (Å²) >= 11 is 0. The van der Waals surface area contributed by atoms with Crippen LogP contribution in [0, 0.1) is 0 Å². The lowest BCUT2D eigenvalue weighted by atomic mass is 10.3. The molecule has 0 spiro atoms. The predicted octanol–water partition coefficient (Wildman–Crippen LogP) is 0.807. The zero-order chi connectivity index (χ0) is 12.9. The van der Waals surface area contributed by atoms with E-state index in [1.54, 1.807) is 0 Å². The summed E-state index contributed by atoms with van der Waals surface area (Å²) in [4.78, 5) is 13.5. The highest BCUT2D eigenvalue weighted by Gasteiger charge is 2.31. The Kier molecular flexibility index (Phi) is 4.95. The van der Waals surface area contributed by atoms with Crippen LogP contribution in [0.25, 0.3) is 0 Å². The molecule has 1 heterocycles. The van der Waals surface area contributed by atoms with Crippen molar-refractivity contribution in [3.8, 4) is 0 Å². The summed E-state index contributed by atoms with van der Waals surface area (Å²) in [5.74, 6) is -1.01. The molecule has 4 nitrogen and oxygen atoms in total.